The Labute approximate surface area is 223 Å². The molecular weight excluding hydrogens is 492 g/mol. The van der Waals surface area contributed by atoms with E-state index in [1.807, 2.05) is 115 Å². The van der Waals surface area contributed by atoms with E-state index in [2.05, 4.69) is 0 Å². The Hall–Kier alpha value is -4.68. The van der Waals surface area contributed by atoms with Gasteiger partial charge in [-0.3, -0.25) is 4.79 Å². The Morgan fingerprint density at radius 1 is 0.816 bits per heavy atom. The largest absolute Gasteiger partial charge is 0.493 e. The minimum Gasteiger partial charge on any atom is -0.493 e. The van der Waals surface area contributed by atoms with Gasteiger partial charge >= 0.3 is 0 Å². The molecule has 2 aromatic heterocycles. The van der Waals surface area contributed by atoms with Gasteiger partial charge in [-0.15, -0.1) is 0 Å². The van der Waals surface area contributed by atoms with E-state index < -0.39 is 0 Å². The molecule has 0 saturated heterocycles. The third kappa shape index (κ3) is 4.58. The van der Waals surface area contributed by atoms with Crippen LogP contribution in [0.5, 0.6) is 11.5 Å². The van der Waals surface area contributed by atoms with Gasteiger partial charge in [0.15, 0.2) is 16.5 Å². The van der Waals surface area contributed by atoms with Crippen molar-refractivity contribution in [3.8, 4) is 34.0 Å². The Morgan fingerprint density at radius 2 is 1.47 bits per heavy atom. The summed E-state index contributed by atoms with van der Waals surface area (Å²) in [5, 5.41) is 0. The molecule has 2 heterocycles. The zero-order chi connectivity index (χ0) is 25.9. The number of methoxy groups -OCH3 is 1. The highest BCUT2D eigenvalue weighted by Crippen LogP contribution is 2.33. The van der Waals surface area contributed by atoms with Crippen LogP contribution in [0, 0.1) is 0 Å². The van der Waals surface area contributed by atoms with E-state index >= 15 is 0 Å². The molecule has 38 heavy (non-hydrogen) atoms. The zero-order valence-corrected chi connectivity index (χ0v) is 21.5. The smallest absolute Gasteiger partial charge is 0.274 e. The maximum atomic E-state index is 13.7. The number of thiazole rings is 1. The standard InChI is InChI=1S/C32H24N2O3S/c1-36-27-19-23(17-18-26(27)37-21-22-11-5-2-6-12-22)20-28-31(35)34-30(25-15-9-4-10-16-25)29(33-32(34)38-28)24-13-7-3-8-14-24/h2-20H,21H2,1H3. The van der Waals surface area contributed by atoms with E-state index in [0.29, 0.717) is 27.6 Å². The van der Waals surface area contributed by atoms with Crippen LogP contribution in [0.4, 0.5) is 0 Å². The minimum atomic E-state index is -0.0955. The van der Waals surface area contributed by atoms with E-state index in [1.54, 1.807) is 11.5 Å². The normalized spacial score (nSPS) is 11.7. The zero-order valence-electron chi connectivity index (χ0n) is 20.7. The highest BCUT2D eigenvalue weighted by Gasteiger charge is 2.20. The van der Waals surface area contributed by atoms with Gasteiger partial charge in [-0.05, 0) is 29.3 Å². The van der Waals surface area contributed by atoms with Crippen LogP contribution in [0.25, 0.3) is 33.6 Å². The lowest BCUT2D eigenvalue weighted by Crippen LogP contribution is -2.23. The Balaban J connectivity index is 1.41. The van der Waals surface area contributed by atoms with Gasteiger partial charge in [-0.2, -0.15) is 0 Å². The highest BCUT2D eigenvalue weighted by molar-refractivity contribution is 7.15. The molecular formula is C32H24N2O3S. The number of imidazole rings is 1. The molecule has 5 nitrogen and oxygen atoms in total. The molecule has 0 unspecified atom stereocenters. The predicted octanol–water partition coefficient (Wildman–Crippen LogP) is 6.23. The molecule has 0 aliphatic heterocycles. The average Bonchev–Trinajstić information content (AvgIpc) is 3.49. The number of nitrogens with zero attached hydrogens (tertiary/aromatic N) is 2. The van der Waals surface area contributed by atoms with Crippen molar-refractivity contribution in [2.75, 3.05) is 7.11 Å². The highest BCUT2D eigenvalue weighted by atomic mass is 32.1. The van der Waals surface area contributed by atoms with Crippen molar-refractivity contribution in [2.24, 2.45) is 0 Å². The molecule has 0 aliphatic carbocycles. The second-order valence-corrected chi connectivity index (χ2v) is 9.77. The molecule has 0 fully saturated rings. The van der Waals surface area contributed by atoms with Crippen LogP contribution >= 0.6 is 11.3 Å². The molecule has 0 amide bonds. The molecule has 0 aliphatic rings. The van der Waals surface area contributed by atoms with Crippen LogP contribution in [-0.2, 0) is 6.61 Å². The van der Waals surface area contributed by atoms with Gasteiger partial charge in [0.2, 0.25) is 0 Å². The fourth-order valence-corrected chi connectivity index (χ4v) is 5.41. The molecule has 0 spiro atoms. The first-order valence-corrected chi connectivity index (χ1v) is 13.1. The molecule has 4 aromatic carbocycles. The van der Waals surface area contributed by atoms with Gasteiger partial charge in [-0.25, -0.2) is 9.38 Å². The number of benzene rings is 4. The lowest BCUT2D eigenvalue weighted by molar-refractivity contribution is 0.284. The summed E-state index contributed by atoms with van der Waals surface area (Å²) in [7, 11) is 1.62. The first kappa shape index (κ1) is 23.7. The monoisotopic (exact) mass is 516 g/mol. The van der Waals surface area contributed by atoms with E-state index in [-0.39, 0.29) is 5.56 Å². The topological polar surface area (TPSA) is 52.8 Å². The van der Waals surface area contributed by atoms with E-state index in [4.69, 9.17) is 14.5 Å². The number of ether oxygens (including phenoxy) is 2. The van der Waals surface area contributed by atoms with Crippen LogP contribution in [0.3, 0.4) is 0 Å². The number of fused-ring (bicyclic) bond motifs is 1. The molecule has 0 radical (unpaired) electrons. The molecule has 6 heteroatoms. The fraction of sp³-hybridized carbons (Fsp3) is 0.0625. The number of rotatable bonds is 7. The summed E-state index contributed by atoms with van der Waals surface area (Å²) in [6.07, 6.45) is 1.88. The van der Waals surface area contributed by atoms with Gasteiger partial charge in [0.05, 0.1) is 23.0 Å². The van der Waals surface area contributed by atoms with Crippen LogP contribution in [0.1, 0.15) is 11.1 Å². The number of hydrogen-bond donors (Lipinski definition) is 0. The second-order valence-electron chi connectivity index (χ2n) is 8.76. The summed E-state index contributed by atoms with van der Waals surface area (Å²) in [5.74, 6) is 1.26. The van der Waals surface area contributed by atoms with Gasteiger partial charge in [0, 0.05) is 11.1 Å². The van der Waals surface area contributed by atoms with Crippen molar-refractivity contribution in [3.05, 3.63) is 135 Å². The summed E-state index contributed by atoms with van der Waals surface area (Å²) >= 11 is 1.38. The summed E-state index contributed by atoms with van der Waals surface area (Å²) < 4.78 is 13.9. The molecule has 186 valence electrons. The molecule has 6 rings (SSSR count). The van der Waals surface area contributed by atoms with Crippen molar-refractivity contribution < 1.29 is 9.47 Å². The second kappa shape index (κ2) is 10.4. The van der Waals surface area contributed by atoms with Gasteiger partial charge in [0.25, 0.3) is 5.56 Å². The molecule has 0 N–H and O–H groups in total. The van der Waals surface area contributed by atoms with Crippen molar-refractivity contribution in [2.45, 2.75) is 6.61 Å². The van der Waals surface area contributed by atoms with E-state index in [0.717, 1.165) is 33.6 Å². The van der Waals surface area contributed by atoms with Crippen LogP contribution in [0.2, 0.25) is 0 Å². The van der Waals surface area contributed by atoms with Crippen molar-refractivity contribution in [1.29, 1.82) is 0 Å². The average molecular weight is 517 g/mol. The first-order chi connectivity index (χ1) is 18.7. The van der Waals surface area contributed by atoms with Gasteiger partial charge < -0.3 is 9.47 Å². The first-order valence-electron chi connectivity index (χ1n) is 12.2. The van der Waals surface area contributed by atoms with E-state index in [9.17, 15) is 4.79 Å². The number of hydrogen-bond acceptors (Lipinski definition) is 5. The summed E-state index contributed by atoms with van der Waals surface area (Å²) in [6.45, 7) is 0.444. The SMILES string of the molecule is COc1cc(C=c2sc3nc(-c4ccccc4)c(-c4ccccc4)n3c2=O)ccc1OCc1ccccc1. The lowest BCUT2D eigenvalue weighted by atomic mass is 10.1. The third-order valence-corrected chi connectivity index (χ3v) is 7.25. The fourth-order valence-electron chi connectivity index (χ4n) is 4.44. The van der Waals surface area contributed by atoms with Crippen LogP contribution in [0.15, 0.2) is 114 Å². The molecule has 0 atom stereocenters. The van der Waals surface area contributed by atoms with Gasteiger partial charge in [0.1, 0.15) is 6.61 Å². The Morgan fingerprint density at radius 3 is 2.16 bits per heavy atom. The van der Waals surface area contributed by atoms with Crippen LogP contribution in [-0.4, -0.2) is 16.5 Å². The quantitative estimate of drug-likeness (QED) is 0.253. The third-order valence-electron chi connectivity index (χ3n) is 6.28. The minimum absolute atomic E-state index is 0.0955. The Bertz CT molecular complexity index is 1810. The molecule has 0 saturated carbocycles. The summed E-state index contributed by atoms with van der Waals surface area (Å²) in [5.41, 5.74) is 5.35. The summed E-state index contributed by atoms with van der Waals surface area (Å²) in [4.78, 5) is 19.3. The van der Waals surface area contributed by atoms with Crippen LogP contribution < -0.4 is 19.6 Å². The predicted molar refractivity (Wildman–Crippen MR) is 153 cm³/mol. The molecule has 6 aromatic rings. The van der Waals surface area contributed by atoms with Crippen molar-refractivity contribution in [3.63, 3.8) is 0 Å². The maximum Gasteiger partial charge on any atom is 0.274 e. The Kier molecular flexibility index (Phi) is 6.46. The maximum absolute atomic E-state index is 13.7. The number of aromatic nitrogens is 2. The van der Waals surface area contributed by atoms with Gasteiger partial charge in [-0.1, -0.05) is 108 Å². The molecule has 0 bridgehead atoms. The lowest BCUT2D eigenvalue weighted by Gasteiger charge is -2.11. The van der Waals surface area contributed by atoms with Crippen molar-refractivity contribution in [1.82, 2.24) is 9.38 Å². The summed E-state index contributed by atoms with van der Waals surface area (Å²) in [6, 6.07) is 35.6. The van der Waals surface area contributed by atoms with Crippen molar-refractivity contribution >= 4 is 22.4 Å². The van der Waals surface area contributed by atoms with E-state index in [1.165, 1.54) is 11.3 Å².